The fourth-order valence-corrected chi connectivity index (χ4v) is 2.98. The number of amides is 2. The summed E-state index contributed by atoms with van der Waals surface area (Å²) in [5, 5.41) is 11.9. The Morgan fingerprint density at radius 2 is 2.00 bits per heavy atom. The lowest BCUT2D eigenvalue weighted by Crippen LogP contribution is -2.48. The van der Waals surface area contributed by atoms with E-state index < -0.39 is 17.9 Å². The molecule has 0 aliphatic carbocycles. The molecule has 0 aromatic carbocycles. The van der Waals surface area contributed by atoms with Crippen LogP contribution < -0.4 is 5.32 Å². The number of ether oxygens (including phenoxy) is 1. The van der Waals surface area contributed by atoms with E-state index in [-0.39, 0.29) is 19.2 Å². The summed E-state index contributed by atoms with van der Waals surface area (Å²) >= 11 is 0. The van der Waals surface area contributed by atoms with Crippen molar-refractivity contribution in [2.45, 2.75) is 19.0 Å². The number of likely N-dealkylation sites (N-methyl/N-ethyl adjacent to an activating group) is 1. The average molecular weight is 285 g/mol. The van der Waals surface area contributed by atoms with Gasteiger partial charge in [-0.15, -0.1) is 0 Å². The van der Waals surface area contributed by atoms with Gasteiger partial charge in [-0.3, -0.25) is 4.79 Å². The lowest BCUT2D eigenvalue weighted by atomic mass is 10.0. The molecule has 7 nitrogen and oxygen atoms in total. The zero-order valence-electron chi connectivity index (χ0n) is 12.2. The highest BCUT2D eigenvalue weighted by atomic mass is 16.5. The van der Waals surface area contributed by atoms with Gasteiger partial charge in [-0.05, 0) is 20.0 Å². The molecule has 20 heavy (non-hydrogen) atoms. The minimum Gasteiger partial charge on any atom is -0.481 e. The van der Waals surface area contributed by atoms with E-state index in [0.29, 0.717) is 25.0 Å². The van der Waals surface area contributed by atoms with Crippen molar-refractivity contribution in [1.29, 1.82) is 0 Å². The summed E-state index contributed by atoms with van der Waals surface area (Å²) in [6.45, 7) is 3.92. The largest absolute Gasteiger partial charge is 0.481 e. The first-order valence-corrected chi connectivity index (χ1v) is 6.92. The van der Waals surface area contributed by atoms with Gasteiger partial charge >= 0.3 is 12.0 Å². The van der Waals surface area contributed by atoms with Crippen LogP contribution in [0.2, 0.25) is 0 Å². The van der Waals surface area contributed by atoms with Crippen molar-refractivity contribution >= 4 is 12.0 Å². The molecule has 2 aliphatic rings. The van der Waals surface area contributed by atoms with Crippen molar-refractivity contribution in [2.75, 3.05) is 40.4 Å². The summed E-state index contributed by atoms with van der Waals surface area (Å²) in [5.74, 6) is -1.16. The van der Waals surface area contributed by atoms with Crippen LogP contribution in [0.3, 0.4) is 0 Å². The third kappa shape index (κ3) is 3.04. The zero-order valence-corrected chi connectivity index (χ0v) is 12.2. The molecule has 2 rings (SSSR count). The van der Waals surface area contributed by atoms with E-state index >= 15 is 0 Å². The molecule has 4 unspecified atom stereocenters. The monoisotopic (exact) mass is 285 g/mol. The standard InChI is InChI=1S/C13H23N3O4/c1-8-4-16(5-11(8)15(2)3)13(19)14-10-7-20-6-9(10)12(17)18/h8-11H,4-7H2,1-3H3,(H,14,19)(H,17,18). The Morgan fingerprint density at radius 3 is 2.55 bits per heavy atom. The first-order valence-electron chi connectivity index (χ1n) is 6.92. The molecule has 4 atom stereocenters. The molecule has 0 radical (unpaired) electrons. The molecule has 2 aliphatic heterocycles. The maximum atomic E-state index is 12.2. The number of likely N-dealkylation sites (tertiary alicyclic amines) is 1. The smallest absolute Gasteiger partial charge is 0.317 e. The molecular formula is C13H23N3O4. The van der Waals surface area contributed by atoms with Crippen LogP contribution in [0.4, 0.5) is 4.79 Å². The molecule has 2 fully saturated rings. The second-order valence-electron chi connectivity index (χ2n) is 5.95. The summed E-state index contributed by atoms with van der Waals surface area (Å²) in [6, 6.07) is -0.285. The van der Waals surface area contributed by atoms with E-state index in [1.807, 2.05) is 14.1 Å². The molecule has 2 heterocycles. The Hall–Kier alpha value is -1.34. The van der Waals surface area contributed by atoms with Gasteiger partial charge in [0.25, 0.3) is 0 Å². The minimum absolute atomic E-state index is 0.164. The average Bonchev–Trinajstić information content (AvgIpc) is 2.95. The van der Waals surface area contributed by atoms with Crippen molar-refractivity contribution in [2.24, 2.45) is 11.8 Å². The Bertz CT molecular complexity index is 388. The van der Waals surface area contributed by atoms with Crippen LogP contribution in [-0.2, 0) is 9.53 Å². The number of rotatable bonds is 3. The maximum absolute atomic E-state index is 12.2. The Kier molecular flexibility index (Phi) is 4.49. The maximum Gasteiger partial charge on any atom is 0.317 e. The highest BCUT2D eigenvalue weighted by molar-refractivity contribution is 5.77. The van der Waals surface area contributed by atoms with Gasteiger partial charge in [-0.25, -0.2) is 4.79 Å². The summed E-state index contributed by atoms with van der Waals surface area (Å²) in [4.78, 5) is 27.2. The van der Waals surface area contributed by atoms with E-state index in [4.69, 9.17) is 9.84 Å². The second-order valence-corrected chi connectivity index (χ2v) is 5.95. The third-order valence-electron chi connectivity index (χ3n) is 4.23. The minimum atomic E-state index is -0.922. The van der Waals surface area contributed by atoms with Crippen LogP contribution in [0.1, 0.15) is 6.92 Å². The lowest BCUT2D eigenvalue weighted by molar-refractivity contribution is -0.142. The topological polar surface area (TPSA) is 82.1 Å². The van der Waals surface area contributed by atoms with Crippen LogP contribution in [-0.4, -0.2) is 79.4 Å². The number of nitrogens with one attached hydrogen (secondary N) is 1. The summed E-state index contributed by atoms with van der Waals surface area (Å²) in [5.41, 5.74) is 0. The van der Waals surface area contributed by atoms with Gasteiger partial charge in [-0.1, -0.05) is 6.92 Å². The Balaban J connectivity index is 1.91. The Labute approximate surface area is 118 Å². The fraction of sp³-hybridized carbons (Fsp3) is 0.846. The summed E-state index contributed by atoms with van der Waals surface area (Å²) in [6.07, 6.45) is 0. The molecule has 2 N–H and O–H groups in total. The van der Waals surface area contributed by atoms with Gasteiger partial charge in [0, 0.05) is 19.1 Å². The van der Waals surface area contributed by atoms with Crippen molar-refractivity contribution in [3.63, 3.8) is 0 Å². The van der Waals surface area contributed by atoms with Crippen molar-refractivity contribution in [1.82, 2.24) is 15.1 Å². The SMILES string of the molecule is CC1CN(C(=O)NC2COCC2C(=O)O)CC1N(C)C. The Morgan fingerprint density at radius 1 is 1.30 bits per heavy atom. The van der Waals surface area contributed by atoms with Crippen LogP contribution in [0.15, 0.2) is 0 Å². The number of hydrogen-bond donors (Lipinski definition) is 2. The van der Waals surface area contributed by atoms with E-state index in [9.17, 15) is 9.59 Å². The first kappa shape index (κ1) is 15.1. The van der Waals surface area contributed by atoms with Crippen molar-refractivity contribution in [3.05, 3.63) is 0 Å². The highest BCUT2D eigenvalue weighted by Crippen LogP contribution is 2.21. The molecule has 0 bridgehead atoms. The van der Waals surface area contributed by atoms with Gasteiger partial charge in [0.2, 0.25) is 0 Å². The van der Waals surface area contributed by atoms with Crippen LogP contribution in [0, 0.1) is 11.8 Å². The molecular weight excluding hydrogens is 262 g/mol. The quantitative estimate of drug-likeness (QED) is 0.742. The third-order valence-corrected chi connectivity index (χ3v) is 4.23. The molecule has 7 heteroatoms. The van der Waals surface area contributed by atoms with Crippen LogP contribution in [0.25, 0.3) is 0 Å². The molecule has 0 saturated carbocycles. The second kappa shape index (κ2) is 5.97. The summed E-state index contributed by atoms with van der Waals surface area (Å²) < 4.78 is 5.15. The number of carbonyl (C=O) groups is 2. The number of carbonyl (C=O) groups excluding carboxylic acids is 1. The molecule has 114 valence electrons. The van der Waals surface area contributed by atoms with Crippen LogP contribution in [0.5, 0.6) is 0 Å². The molecule has 2 amide bonds. The number of carboxylic acid groups (broad SMARTS) is 1. The van der Waals surface area contributed by atoms with E-state index in [0.717, 1.165) is 0 Å². The normalized spacial score (nSPS) is 33.7. The molecule has 0 spiro atoms. The first-order chi connectivity index (χ1) is 9.40. The van der Waals surface area contributed by atoms with Gasteiger partial charge < -0.3 is 25.0 Å². The van der Waals surface area contributed by atoms with E-state index in [2.05, 4.69) is 17.1 Å². The van der Waals surface area contributed by atoms with E-state index in [1.165, 1.54) is 0 Å². The van der Waals surface area contributed by atoms with Gasteiger partial charge in [0.1, 0.15) is 5.92 Å². The molecule has 2 saturated heterocycles. The van der Waals surface area contributed by atoms with Crippen molar-refractivity contribution in [3.8, 4) is 0 Å². The number of urea groups is 1. The van der Waals surface area contributed by atoms with Gasteiger partial charge in [0.05, 0.1) is 19.3 Å². The molecule has 0 aromatic heterocycles. The van der Waals surface area contributed by atoms with Crippen LogP contribution >= 0.6 is 0 Å². The number of hydrogen-bond acceptors (Lipinski definition) is 4. The number of nitrogens with zero attached hydrogens (tertiary/aromatic N) is 2. The highest BCUT2D eigenvalue weighted by Gasteiger charge is 2.38. The number of aliphatic carboxylic acids is 1. The predicted molar refractivity (Wildman–Crippen MR) is 72.5 cm³/mol. The fourth-order valence-electron chi connectivity index (χ4n) is 2.98. The predicted octanol–water partition coefficient (Wildman–Crippen LogP) is -0.322. The lowest BCUT2D eigenvalue weighted by Gasteiger charge is -2.23. The summed E-state index contributed by atoms with van der Waals surface area (Å²) in [7, 11) is 4.02. The molecule has 0 aromatic rings. The van der Waals surface area contributed by atoms with Gasteiger partial charge in [0.15, 0.2) is 0 Å². The zero-order chi connectivity index (χ0) is 14.9. The van der Waals surface area contributed by atoms with E-state index in [1.54, 1.807) is 4.90 Å². The number of carboxylic acids is 1. The van der Waals surface area contributed by atoms with Crippen molar-refractivity contribution < 1.29 is 19.4 Å². The van der Waals surface area contributed by atoms with Gasteiger partial charge in [-0.2, -0.15) is 0 Å².